The van der Waals surface area contributed by atoms with Crippen molar-refractivity contribution < 1.29 is 9.59 Å². The Morgan fingerprint density at radius 1 is 1.44 bits per heavy atom. The van der Waals surface area contributed by atoms with Crippen LogP contribution in [0, 0.1) is 0 Å². The number of amides is 2. The van der Waals surface area contributed by atoms with Crippen LogP contribution in [-0.2, 0) is 4.79 Å². The van der Waals surface area contributed by atoms with Crippen molar-refractivity contribution in [2.45, 2.75) is 13.8 Å². The zero-order valence-electron chi connectivity index (χ0n) is 10.4. The van der Waals surface area contributed by atoms with Crippen molar-refractivity contribution in [3.8, 4) is 0 Å². The van der Waals surface area contributed by atoms with Crippen molar-refractivity contribution in [3.63, 3.8) is 0 Å². The van der Waals surface area contributed by atoms with Crippen LogP contribution in [0.2, 0.25) is 5.02 Å². The lowest BCUT2D eigenvalue weighted by molar-refractivity contribution is -0.121. The van der Waals surface area contributed by atoms with Gasteiger partial charge in [-0.1, -0.05) is 11.6 Å². The molecule has 1 N–H and O–H groups in total. The Labute approximate surface area is 111 Å². The Bertz CT molecular complexity index is 437. The standard InChI is InChI=1S/C12H16ClN3O2/c1-3-15-11(17)8-16(4-2)12(18)9-7-14-6-5-10(9)13/h5-7H,3-4,8H2,1-2H3,(H,15,17). The molecule has 0 bridgehead atoms. The molecular formula is C12H16ClN3O2. The van der Waals surface area contributed by atoms with Gasteiger partial charge in [-0.15, -0.1) is 0 Å². The minimum atomic E-state index is -0.290. The highest BCUT2D eigenvalue weighted by Crippen LogP contribution is 2.15. The number of halogens is 1. The van der Waals surface area contributed by atoms with Gasteiger partial charge < -0.3 is 10.2 Å². The number of nitrogens with one attached hydrogen (secondary N) is 1. The van der Waals surface area contributed by atoms with Crippen molar-refractivity contribution in [3.05, 3.63) is 29.0 Å². The molecule has 18 heavy (non-hydrogen) atoms. The monoisotopic (exact) mass is 269 g/mol. The molecule has 0 saturated carbocycles. The van der Waals surface area contributed by atoms with Gasteiger partial charge in [0.2, 0.25) is 5.91 Å². The first-order valence-electron chi connectivity index (χ1n) is 5.75. The Morgan fingerprint density at radius 3 is 2.72 bits per heavy atom. The molecule has 1 aromatic rings. The van der Waals surface area contributed by atoms with Crippen molar-refractivity contribution in [1.29, 1.82) is 0 Å². The van der Waals surface area contributed by atoms with E-state index < -0.39 is 0 Å². The Hall–Kier alpha value is -1.62. The van der Waals surface area contributed by atoms with E-state index in [4.69, 9.17) is 11.6 Å². The molecule has 6 heteroatoms. The number of pyridine rings is 1. The maximum absolute atomic E-state index is 12.2. The molecule has 1 aromatic heterocycles. The predicted octanol–water partition coefficient (Wildman–Crippen LogP) is 1.33. The molecule has 0 aliphatic carbocycles. The fourth-order valence-corrected chi connectivity index (χ4v) is 1.64. The van der Waals surface area contributed by atoms with Crippen LogP contribution in [0.3, 0.4) is 0 Å². The molecule has 5 nitrogen and oxygen atoms in total. The lowest BCUT2D eigenvalue weighted by atomic mass is 10.2. The van der Waals surface area contributed by atoms with E-state index in [1.54, 1.807) is 13.0 Å². The van der Waals surface area contributed by atoms with Gasteiger partial charge in [0.15, 0.2) is 0 Å². The number of likely N-dealkylation sites (N-methyl/N-ethyl adjacent to an activating group) is 2. The minimum Gasteiger partial charge on any atom is -0.355 e. The molecule has 1 heterocycles. The molecule has 0 aliphatic heterocycles. The van der Waals surface area contributed by atoms with E-state index in [0.717, 1.165) is 0 Å². The summed E-state index contributed by atoms with van der Waals surface area (Å²) in [7, 11) is 0. The second kappa shape index (κ2) is 6.96. The zero-order valence-corrected chi connectivity index (χ0v) is 11.2. The summed E-state index contributed by atoms with van der Waals surface area (Å²) in [5.41, 5.74) is 0.310. The second-order valence-corrected chi connectivity index (χ2v) is 4.04. The van der Waals surface area contributed by atoms with Crippen LogP contribution >= 0.6 is 11.6 Å². The Balaban J connectivity index is 2.80. The number of hydrogen-bond donors (Lipinski definition) is 1. The number of nitrogens with zero attached hydrogens (tertiary/aromatic N) is 2. The van der Waals surface area contributed by atoms with E-state index >= 15 is 0 Å². The topological polar surface area (TPSA) is 62.3 Å². The van der Waals surface area contributed by atoms with Gasteiger partial charge in [0.05, 0.1) is 17.1 Å². The number of carbonyl (C=O) groups excluding carboxylic acids is 2. The molecule has 0 aliphatic rings. The normalized spacial score (nSPS) is 9.94. The van der Waals surface area contributed by atoms with E-state index in [9.17, 15) is 9.59 Å². The quantitative estimate of drug-likeness (QED) is 0.877. The van der Waals surface area contributed by atoms with Crippen LogP contribution in [0.1, 0.15) is 24.2 Å². The molecule has 2 amide bonds. The summed E-state index contributed by atoms with van der Waals surface area (Å²) >= 11 is 5.93. The number of rotatable bonds is 5. The first kappa shape index (κ1) is 14.4. The molecular weight excluding hydrogens is 254 g/mol. The van der Waals surface area contributed by atoms with E-state index in [0.29, 0.717) is 23.7 Å². The zero-order chi connectivity index (χ0) is 13.5. The Kier molecular flexibility index (Phi) is 5.58. The van der Waals surface area contributed by atoms with E-state index in [2.05, 4.69) is 10.3 Å². The summed E-state index contributed by atoms with van der Waals surface area (Å²) < 4.78 is 0. The average molecular weight is 270 g/mol. The van der Waals surface area contributed by atoms with Crippen LogP contribution in [0.25, 0.3) is 0 Å². The van der Waals surface area contributed by atoms with Crippen molar-refractivity contribution in [2.75, 3.05) is 19.6 Å². The molecule has 1 rings (SSSR count). The van der Waals surface area contributed by atoms with Crippen LogP contribution < -0.4 is 5.32 Å². The number of hydrogen-bond acceptors (Lipinski definition) is 3. The third kappa shape index (κ3) is 3.70. The van der Waals surface area contributed by atoms with E-state index in [1.165, 1.54) is 17.3 Å². The smallest absolute Gasteiger partial charge is 0.257 e. The molecule has 0 fully saturated rings. The van der Waals surface area contributed by atoms with Crippen LogP contribution in [0.4, 0.5) is 0 Å². The summed E-state index contributed by atoms with van der Waals surface area (Å²) in [4.78, 5) is 28.9. The van der Waals surface area contributed by atoms with Gasteiger partial charge in [-0.2, -0.15) is 0 Å². The van der Waals surface area contributed by atoms with Crippen LogP contribution in [0.15, 0.2) is 18.5 Å². The van der Waals surface area contributed by atoms with Crippen molar-refractivity contribution in [2.24, 2.45) is 0 Å². The maximum Gasteiger partial charge on any atom is 0.257 e. The molecule has 98 valence electrons. The molecule has 0 unspecified atom stereocenters. The van der Waals surface area contributed by atoms with Gasteiger partial charge in [-0.25, -0.2) is 0 Å². The molecule has 0 aromatic carbocycles. The highest BCUT2D eigenvalue weighted by Gasteiger charge is 2.19. The van der Waals surface area contributed by atoms with E-state index in [1.807, 2.05) is 6.92 Å². The second-order valence-electron chi connectivity index (χ2n) is 3.63. The Morgan fingerprint density at radius 2 is 2.17 bits per heavy atom. The first-order valence-corrected chi connectivity index (χ1v) is 6.13. The predicted molar refractivity (Wildman–Crippen MR) is 69.5 cm³/mol. The fraction of sp³-hybridized carbons (Fsp3) is 0.417. The third-order valence-electron chi connectivity index (χ3n) is 2.38. The van der Waals surface area contributed by atoms with Crippen LogP contribution in [0.5, 0.6) is 0 Å². The highest BCUT2D eigenvalue weighted by atomic mass is 35.5. The fourth-order valence-electron chi connectivity index (χ4n) is 1.46. The summed E-state index contributed by atoms with van der Waals surface area (Å²) in [5.74, 6) is -0.477. The maximum atomic E-state index is 12.2. The SMILES string of the molecule is CCNC(=O)CN(CC)C(=O)c1cnccc1Cl. The summed E-state index contributed by atoms with van der Waals surface area (Å²) in [6.07, 6.45) is 2.92. The van der Waals surface area contributed by atoms with Gasteiger partial charge in [-0.05, 0) is 19.9 Å². The lowest BCUT2D eigenvalue weighted by Gasteiger charge is -2.20. The van der Waals surface area contributed by atoms with Crippen molar-refractivity contribution in [1.82, 2.24) is 15.2 Å². The highest BCUT2D eigenvalue weighted by molar-refractivity contribution is 6.33. The summed E-state index contributed by atoms with van der Waals surface area (Å²) in [6.45, 7) is 4.63. The minimum absolute atomic E-state index is 0.0222. The molecule has 0 spiro atoms. The van der Waals surface area contributed by atoms with Gasteiger partial charge >= 0.3 is 0 Å². The van der Waals surface area contributed by atoms with Gasteiger partial charge in [0.1, 0.15) is 0 Å². The molecule has 0 saturated heterocycles. The van der Waals surface area contributed by atoms with Crippen molar-refractivity contribution >= 4 is 23.4 Å². The number of carbonyl (C=O) groups is 2. The van der Waals surface area contributed by atoms with E-state index in [-0.39, 0.29) is 18.4 Å². The van der Waals surface area contributed by atoms with Crippen LogP contribution in [-0.4, -0.2) is 41.3 Å². The number of aromatic nitrogens is 1. The summed E-state index contributed by atoms with van der Waals surface area (Å²) in [6, 6.07) is 1.55. The average Bonchev–Trinajstić information content (AvgIpc) is 2.36. The summed E-state index contributed by atoms with van der Waals surface area (Å²) in [5, 5.41) is 2.99. The molecule has 0 radical (unpaired) electrons. The van der Waals surface area contributed by atoms with Gasteiger partial charge in [0.25, 0.3) is 5.91 Å². The third-order valence-corrected chi connectivity index (χ3v) is 2.71. The molecule has 0 atom stereocenters. The largest absolute Gasteiger partial charge is 0.355 e. The lowest BCUT2D eigenvalue weighted by Crippen LogP contribution is -2.40. The van der Waals surface area contributed by atoms with Gasteiger partial charge in [-0.3, -0.25) is 14.6 Å². The first-order chi connectivity index (χ1) is 8.60. The van der Waals surface area contributed by atoms with Gasteiger partial charge in [0, 0.05) is 25.5 Å².